The zero-order valence-corrected chi connectivity index (χ0v) is 15.6. The summed E-state index contributed by atoms with van der Waals surface area (Å²) in [7, 11) is 4.04. The van der Waals surface area contributed by atoms with Crippen LogP contribution in [0.5, 0.6) is 0 Å². The van der Waals surface area contributed by atoms with E-state index in [4.69, 9.17) is 4.74 Å². The lowest BCUT2D eigenvalue weighted by molar-refractivity contribution is -0.0348. The predicted molar refractivity (Wildman–Crippen MR) is 98.8 cm³/mol. The molecule has 0 N–H and O–H groups in total. The summed E-state index contributed by atoms with van der Waals surface area (Å²) in [5.74, 6) is 1.01. The highest BCUT2D eigenvalue weighted by molar-refractivity contribution is 7.09. The highest BCUT2D eigenvalue weighted by Crippen LogP contribution is 2.17. The highest BCUT2D eigenvalue weighted by atomic mass is 32.1. The van der Waals surface area contributed by atoms with Gasteiger partial charge in [-0.15, -0.1) is 11.3 Å². The maximum absolute atomic E-state index is 5.97. The molecule has 0 bridgehead atoms. The van der Waals surface area contributed by atoms with Crippen molar-refractivity contribution in [2.75, 3.05) is 38.7 Å². The molecule has 1 aliphatic rings. The average Bonchev–Trinajstić information content (AvgIpc) is 2.98. The van der Waals surface area contributed by atoms with E-state index in [0.29, 0.717) is 6.10 Å². The third-order valence-corrected chi connectivity index (χ3v) is 5.12. The highest BCUT2D eigenvalue weighted by Gasteiger charge is 2.21. The summed E-state index contributed by atoms with van der Waals surface area (Å²) in [6, 6.07) is 4.27. The topological polar surface area (TPSA) is 41.5 Å². The Bertz CT molecular complexity index is 658. The maximum Gasteiger partial charge on any atom is 0.128 e. The van der Waals surface area contributed by atoms with Crippen LogP contribution >= 0.6 is 11.3 Å². The van der Waals surface area contributed by atoms with Gasteiger partial charge in [0.1, 0.15) is 5.82 Å². The minimum Gasteiger partial charge on any atom is -0.376 e. The maximum atomic E-state index is 5.97. The number of hydrogen-bond acceptors (Lipinski definition) is 6. The molecule has 2 aromatic heterocycles. The van der Waals surface area contributed by atoms with E-state index in [-0.39, 0.29) is 0 Å². The van der Waals surface area contributed by atoms with Crippen molar-refractivity contribution in [3.05, 3.63) is 40.0 Å². The Morgan fingerprint density at radius 2 is 2.29 bits per heavy atom. The molecule has 1 aliphatic heterocycles. The SMILES string of the molecule is Cc1nc(CN2CCO[C@@H](CCc3ccnc(N(C)C)c3)C2)cs1. The standard InChI is InChI=1S/C18H26N4OS/c1-14-20-16(13-24-14)11-22-8-9-23-17(12-22)5-4-15-6-7-19-18(10-15)21(2)3/h6-7,10,13,17H,4-5,8-9,11-12H2,1-3H3/t17-/m0/s1. The van der Waals surface area contributed by atoms with E-state index < -0.39 is 0 Å². The van der Waals surface area contributed by atoms with Gasteiger partial charge in [0.2, 0.25) is 0 Å². The number of hydrogen-bond donors (Lipinski definition) is 0. The molecule has 130 valence electrons. The summed E-state index contributed by atoms with van der Waals surface area (Å²) in [5, 5.41) is 3.31. The van der Waals surface area contributed by atoms with E-state index in [1.54, 1.807) is 11.3 Å². The van der Waals surface area contributed by atoms with E-state index >= 15 is 0 Å². The molecule has 1 saturated heterocycles. The van der Waals surface area contributed by atoms with E-state index in [0.717, 1.165) is 49.9 Å². The molecule has 5 nitrogen and oxygen atoms in total. The van der Waals surface area contributed by atoms with Gasteiger partial charge >= 0.3 is 0 Å². The zero-order valence-electron chi connectivity index (χ0n) is 14.7. The fourth-order valence-corrected chi connectivity index (χ4v) is 3.60. The molecule has 3 rings (SSSR count). The fraction of sp³-hybridized carbons (Fsp3) is 0.556. The third-order valence-electron chi connectivity index (χ3n) is 4.30. The van der Waals surface area contributed by atoms with Gasteiger partial charge in [-0.2, -0.15) is 0 Å². The Morgan fingerprint density at radius 3 is 3.04 bits per heavy atom. The molecule has 1 atom stereocenters. The van der Waals surface area contributed by atoms with Gasteiger partial charge in [0.15, 0.2) is 0 Å². The van der Waals surface area contributed by atoms with Crippen molar-refractivity contribution in [1.82, 2.24) is 14.9 Å². The Balaban J connectivity index is 1.51. The summed E-state index contributed by atoms with van der Waals surface area (Å²) in [6.07, 6.45) is 4.26. The molecular formula is C18H26N4OS. The molecule has 2 aromatic rings. The Morgan fingerprint density at radius 1 is 1.42 bits per heavy atom. The normalized spacial score (nSPS) is 18.7. The number of aromatic nitrogens is 2. The molecule has 1 fully saturated rings. The van der Waals surface area contributed by atoms with Crippen LogP contribution in [0.15, 0.2) is 23.7 Å². The van der Waals surface area contributed by atoms with Crippen molar-refractivity contribution in [1.29, 1.82) is 0 Å². The van der Waals surface area contributed by atoms with Crippen LogP contribution in [0.1, 0.15) is 22.7 Å². The predicted octanol–water partition coefficient (Wildman–Crippen LogP) is 2.75. The largest absolute Gasteiger partial charge is 0.376 e. The van der Waals surface area contributed by atoms with Crippen molar-refractivity contribution in [2.45, 2.75) is 32.4 Å². The van der Waals surface area contributed by atoms with Crippen molar-refractivity contribution < 1.29 is 4.74 Å². The first-order valence-corrected chi connectivity index (χ1v) is 9.35. The number of rotatable bonds is 6. The number of morpholine rings is 1. The molecule has 3 heterocycles. The number of ether oxygens (including phenoxy) is 1. The Labute approximate surface area is 148 Å². The Kier molecular flexibility index (Phi) is 5.81. The van der Waals surface area contributed by atoms with Crippen molar-refractivity contribution in [3.63, 3.8) is 0 Å². The number of nitrogens with zero attached hydrogens (tertiary/aromatic N) is 4. The zero-order chi connectivity index (χ0) is 16.9. The first-order valence-electron chi connectivity index (χ1n) is 8.47. The lowest BCUT2D eigenvalue weighted by Gasteiger charge is -2.32. The van der Waals surface area contributed by atoms with Crippen LogP contribution in [0.2, 0.25) is 0 Å². The number of pyridine rings is 1. The molecule has 0 amide bonds. The second-order valence-corrected chi connectivity index (χ2v) is 7.60. The summed E-state index contributed by atoms with van der Waals surface area (Å²) in [5.41, 5.74) is 2.51. The second kappa shape index (κ2) is 8.05. The smallest absolute Gasteiger partial charge is 0.128 e. The number of aryl methyl sites for hydroxylation is 2. The molecule has 0 aliphatic carbocycles. The first-order chi connectivity index (χ1) is 11.6. The van der Waals surface area contributed by atoms with Gasteiger partial charge in [-0.25, -0.2) is 9.97 Å². The van der Waals surface area contributed by atoms with Crippen molar-refractivity contribution >= 4 is 17.2 Å². The van der Waals surface area contributed by atoms with Crippen LogP contribution < -0.4 is 4.90 Å². The average molecular weight is 347 g/mol. The summed E-state index contributed by atoms with van der Waals surface area (Å²) in [6.45, 7) is 5.79. The molecule has 24 heavy (non-hydrogen) atoms. The van der Waals surface area contributed by atoms with Gasteiger partial charge in [-0.1, -0.05) is 0 Å². The number of anilines is 1. The lowest BCUT2D eigenvalue weighted by Crippen LogP contribution is -2.42. The van der Waals surface area contributed by atoms with Gasteiger partial charge in [-0.05, 0) is 37.5 Å². The Hall–Kier alpha value is -1.50. The summed E-state index contributed by atoms with van der Waals surface area (Å²) >= 11 is 1.73. The van der Waals surface area contributed by atoms with Crippen LogP contribution in [0.3, 0.4) is 0 Å². The molecule has 0 spiro atoms. The van der Waals surface area contributed by atoms with Crippen LogP contribution in [-0.4, -0.2) is 54.8 Å². The molecule has 0 radical (unpaired) electrons. The van der Waals surface area contributed by atoms with Crippen LogP contribution in [0, 0.1) is 6.92 Å². The van der Waals surface area contributed by atoms with Crippen LogP contribution in [0.4, 0.5) is 5.82 Å². The molecule has 0 unspecified atom stereocenters. The summed E-state index contributed by atoms with van der Waals surface area (Å²) in [4.78, 5) is 13.4. The fourth-order valence-electron chi connectivity index (χ4n) is 3.00. The van der Waals surface area contributed by atoms with Gasteiger partial charge in [-0.3, -0.25) is 4.90 Å². The molecule has 0 aromatic carbocycles. The van der Waals surface area contributed by atoms with E-state index in [9.17, 15) is 0 Å². The minimum atomic E-state index is 0.300. The van der Waals surface area contributed by atoms with Crippen molar-refractivity contribution in [2.24, 2.45) is 0 Å². The van der Waals surface area contributed by atoms with Gasteiger partial charge in [0, 0.05) is 45.3 Å². The van der Waals surface area contributed by atoms with Crippen LogP contribution in [0.25, 0.3) is 0 Å². The van der Waals surface area contributed by atoms with Gasteiger partial charge in [0.25, 0.3) is 0 Å². The van der Waals surface area contributed by atoms with Gasteiger partial charge < -0.3 is 9.64 Å². The third kappa shape index (κ3) is 4.75. The number of thiazole rings is 1. The van der Waals surface area contributed by atoms with Crippen molar-refractivity contribution in [3.8, 4) is 0 Å². The van der Waals surface area contributed by atoms with Gasteiger partial charge in [0.05, 0.1) is 23.4 Å². The monoisotopic (exact) mass is 346 g/mol. The van der Waals surface area contributed by atoms with E-state index in [2.05, 4.69) is 39.3 Å². The minimum absolute atomic E-state index is 0.300. The molecule has 0 saturated carbocycles. The van der Waals surface area contributed by atoms with Crippen LogP contribution in [-0.2, 0) is 17.7 Å². The lowest BCUT2D eigenvalue weighted by atomic mass is 10.1. The molecular weight excluding hydrogens is 320 g/mol. The second-order valence-electron chi connectivity index (χ2n) is 6.54. The molecule has 6 heteroatoms. The van der Waals surface area contributed by atoms with E-state index in [1.807, 2.05) is 25.2 Å². The first kappa shape index (κ1) is 17.3. The van der Waals surface area contributed by atoms with E-state index in [1.165, 1.54) is 11.3 Å². The summed E-state index contributed by atoms with van der Waals surface area (Å²) < 4.78 is 5.97. The quantitative estimate of drug-likeness (QED) is 0.804.